The summed E-state index contributed by atoms with van der Waals surface area (Å²) >= 11 is 16.4. The topological polar surface area (TPSA) is 23.6 Å². The smallest absolute Gasteiger partial charge is 0.227 e. The molecule has 0 radical (unpaired) electrons. The van der Waals surface area contributed by atoms with Gasteiger partial charge in [-0.15, -0.1) is 23.5 Å². The van der Waals surface area contributed by atoms with Crippen LogP contribution in [-0.2, 0) is 11.2 Å². The number of likely N-dealkylation sites (tertiary alicyclic amines) is 2. The van der Waals surface area contributed by atoms with Crippen molar-refractivity contribution in [2.75, 3.05) is 37.7 Å². The van der Waals surface area contributed by atoms with Gasteiger partial charge in [-0.3, -0.25) is 4.79 Å². The molecule has 0 aliphatic carbocycles. The average Bonchev–Trinajstić information content (AvgIpc) is 3.31. The van der Waals surface area contributed by atoms with Crippen LogP contribution in [0, 0.1) is 0 Å². The van der Waals surface area contributed by atoms with Crippen LogP contribution in [0.5, 0.6) is 0 Å². The molecule has 1 atom stereocenters. The van der Waals surface area contributed by atoms with Crippen LogP contribution in [-0.4, -0.2) is 63.5 Å². The van der Waals surface area contributed by atoms with Crippen molar-refractivity contribution in [2.45, 2.75) is 42.2 Å². The Morgan fingerprint density at radius 3 is 2.56 bits per heavy atom. The zero-order valence-corrected chi connectivity index (χ0v) is 18.6. The lowest BCUT2D eigenvalue weighted by Gasteiger charge is -2.45. The molecular formula is C20H26Cl2N2OS2. The zero-order chi connectivity index (χ0) is 18.9. The maximum atomic E-state index is 13.2. The lowest BCUT2D eigenvalue weighted by atomic mass is 9.99. The second-order valence-corrected chi connectivity index (χ2v) is 11.8. The summed E-state index contributed by atoms with van der Waals surface area (Å²) in [6.07, 6.45) is 5.20. The number of thioether (sulfide) groups is 2. The molecule has 7 heteroatoms. The maximum absolute atomic E-state index is 13.2. The van der Waals surface area contributed by atoms with Crippen molar-refractivity contribution < 1.29 is 4.79 Å². The molecule has 0 N–H and O–H groups in total. The zero-order valence-electron chi connectivity index (χ0n) is 15.5. The Balaban J connectivity index is 1.47. The molecule has 0 bridgehead atoms. The summed E-state index contributed by atoms with van der Waals surface area (Å²) in [6, 6.07) is 5.84. The molecule has 1 spiro atoms. The van der Waals surface area contributed by atoms with Crippen LogP contribution in [0.25, 0.3) is 0 Å². The monoisotopic (exact) mass is 444 g/mol. The van der Waals surface area contributed by atoms with E-state index in [2.05, 4.69) is 33.3 Å². The number of carbonyl (C=O) groups is 1. The second-order valence-electron chi connectivity index (χ2n) is 7.74. The third kappa shape index (κ3) is 4.75. The Hall–Kier alpha value is -0.0700. The summed E-state index contributed by atoms with van der Waals surface area (Å²) in [4.78, 5) is 17.9. The van der Waals surface area contributed by atoms with E-state index < -0.39 is 0 Å². The highest BCUT2D eigenvalue weighted by Gasteiger charge is 2.44. The van der Waals surface area contributed by atoms with Crippen LogP contribution >= 0.6 is 46.7 Å². The van der Waals surface area contributed by atoms with Gasteiger partial charge in [0.05, 0.1) is 20.5 Å². The average molecular weight is 445 g/mol. The quantitative estimate of drug-likeness (QED) is 0.665. The molecule has 3 fully saturated rings. The summed E-state index contributed by atoms with van der Waals surface area (Å²) < 4.78 is 0.338. The van der Waals surface area contributed by atoms with E-state index in [9.17, 15) is 4.79 Å². The van der Waals surface area contributed by atoms with E-state index in [1.165, 1.54) is 37.4 Å². The third-order valence-corrected chi connectivity index (χ3v) is 10.2. The Morgan fingerprint density at radius 1 is 1.11 bits per heavy atom. The van der Waals surface area contributed by atoms with Crippen molar-refractivity contribution in [3.63, 3.8) is 0 Å². The third-order valence-electron chi connectivity index (χ3n) is 5.86. The molecule has 0 saturated carbocycles. The number of amides is 1. The van der Waals surface area contributed by atoms with Crippen molar-refractivity contribution >= 4 is 52.6 Å². The molecule has 1 aromatic rings. The molecule has 3 saturated heterocycles. The summed E-state index contributed by atoms with van der Waals surface area (Å²) in [5, 5.41) is 1.06. The maximum Gasteiger partial charge on any atom is 0.227 e. The summed E-state index contributed by atoms with van der Waals surface area (Å²) in [7, 11) is 0. The number of piperidine rings is 1. The van der Waals surface area contributed by atoms with E-state index in [0.717, 1.165) is 31.5 Å². The molecule has 4 rings (SSSR count). The summed E-state index contributed by atoms with van der Waals surface area (Å²) in [5.41, 5.74) is 0.944. The fourth-order valence-corrected chi connectivity index (χ4v) is 8.14. The van der Waals surface area contributed by atoms with Gasteiger partial charge in [0.2, 0.25) is 5.91 Å². The molecule has 1 aromatic carbocycles. The Bertz CT molecular complexity index is 691. The molecule has 3 aliphatic rings. The summed E-state index contributed by atoms with van der Waals surface area (Å²) in [6.45, 7) is 4.26. The standard InChI is InChI=1S/C20H26Cl2N2OS2/c21-17-4-3-15(11-18(17)22)12-19(25)24-8-5-20(26-9-10-27-20)13-16(24)14-23-6-1-2-7-23/h3-4,11,16H,1-2,5-10,12-14H2. The molecule has 3 heterocycles. The van der Waals surface area contributed by atoms with Gasteiger partial charge in [0.15, 0.2) is 0 Å². The minimum absolute atomic E-state index is 0.223. The fourth-order valence-electron chi connectivity index (χ4n) is 4.48. The number of rotatable bonds is 4. The lowest BCUT2D eigenvalue weighted by Crippen LogP contribution is -2.54. The van der Waals surface area contributed by atoms with Crippen molar-refractivity contribution in [2.24, 2.45) is 0 Å². The number of nitrogens with zero attached hydrogens (tertiary/aromatic N) is 2. The van der Waals surface area contributed by atoms with Gasteiger partial charge in [-0.25, -0.2) is 0 Å². The summed E-state index contributed by atoms with van der Waals surface area (Å²) in [5.74, 6) is 2.72. The number of halogens is 2. The first-order chi connectivity index (χ1) is 13.0. The molecule has 148 valence electrons. The van der Waals surface area contributed by atoms with Crippen LogP contribution < -0.4 is 0 Å². The fraction of sp³-hybridized carbons (Fsp3) is 0.650. The van der Waals surface area contributed by atoms with Crippen LogP contribution in [0.4, 0.5) is 0 Å². The number of hydrogen-bond donors (Lipinski definition) is 0. The Kier molecular flexibility index (Phi) is 6.55. The van der Waals surface area contributed by atoms with Crippen LogP contribution in [0.2, 0.25) is 10.0 Å². The van der Waals surface area contributed by atoms with Gasteiger partial charge in [0, 0.05) is 30.6 Å². The van der Waals surface area contributed by atoms with Crippen LogP contribution in [0.1, 0.15) is 31.2 Å². The van der Waals surface area contributed by atoms with E-state index in [1.54, 1.807) is 6.07 Å². The van der Waals surface area contributed by atoms with Crippen molar-refractivity contribution in [1.82, 2.24) is 9.80 Å². The van der Waals surface area contributed by atoms with E-state index in [-0.39, 0.29) is 5.91 Å². The predicted octanol–water partition coefficient (Wildman–Crippen LogP) is 4.80. The van der Waals surface area contributed by atoms with Crippen LogP contribution in [0.3, 0.4) is 0 Å². The van der Waals surface area contributed by atoms with E-state index in [4.69, 9.17) is 23.2 Å². The van der Waals surface area contributed by atoms with E-state index in [0.29, 0.717) is 26.6 Å². The van der Waals surface area contributed by atoms with Gasteiger partial charge in [-0.1, -0.05) is 29.3 Å². The molecule has 0 aromatic heterocycles. The van der Waals surface area contributed by atoms with E-state index in [1.807, 2.05) is 12.1 Å². The number of carbonyl (C=O) groups excluding carboxylic acids is 1. The van der Waals surface area contributed by atoms with Gasteiger partial charge in [0.25, 0.3) is 0 Å². The molecule has 3 nitrogen and oxygen atoms in total. The van der Waals surface area contributed by atoms with Crippen molar-refractivity contribution in [3.05, 3.63) is 33.8 Å². The first-order valence-corrected chi connectivity index (χ1v) is 12.5. The Labute approximate surface area is 180 Å². The molecule has 27 heavy (non-hydrogen) atoms. The van der Waals surface area contributed by atoms with Gasteiger partial charge in [-0.05, 0) is 56.5 Å². The van der Waals surface area contributed by atoms with Crippen molar-refractivity contribution in [1.29, 1.82) is 0 Å². The SMILES string of the molecule is O=C(Cc1ccc(Cl)c(Cl)c1)N1CCC2(CC1CN1CCCC1)SCCS2. The van der Waals surface area contributed by atoms with Gasteiger partial charge in [-0.2, -0.15) is 0 Å². The minimum atomic E-state index is 0.223. The largest absolute Gasteiger partial charge is 0.338 e. The highest BCUT2D eigenvalue weighted by Crippen LogP contribution is 2.52. The van der Waals surface area contributed by atoms with Gasteiger partial charge in [0.1, 0.15) is 0 Å². The Morgan fingerprint density at radius 2 is 1.85 bits per heavy atom. The highest BCUT2D eigenvalue weighted by molar-refractivity contribution is 8.21. The first-order valence-electron chi connectivity index (χ1n) is 9.78. The van der Waals surface area contributed by atoms with Crippen molar-refractivity contribution in [3.8, 4) is 0 Å². The molecule has 3 aliphatic heterocycles. The molecule has 1 amide bonds. The molecular weight excluding hydrogens is 419 g/mol. The van der Waals surface area contributed by atoms with E-state index >= 15 is 0 Å². The predicted molar refractivity (Wildman–Crippen MR) is 118 cm³/mol. The normalized spacial score (nSPS) is 25.4. The second kappa shape index (κ2) is 8.74. The van der Waals surface area contributed by atoms with Crippen LogP contribution in [0.15, 0.2) is 18.2 Å². The highest BCUT2D eigenvalue weighted by atomic mass is 35.5. The lowest BCUT2D eigenvalue weighted by molar-refractivity contribution is -0.134. The number of hydrogen-bond acceptors (Lipinski definition) is 4. The van der Waals surface area contributed by atoms with Gasteiger partial charge >= 0.3 is 0 Å². The first kappa shape index (κ1) is 20.2. The minimum Gasteiger partial charge on any atom is -0.338 e. The number of benzene rings is 1. The van der Waals surface area contributed by atoms with Gasteiger partial charge < -0.3 is 9.80 Å². The molecule has 1 unspecified atom stereocenters.